The van der Waals surface area contributed by atoms with E-state index in [0.29, 0.717) is 17.2 Å². The fraction of sp³-hybridized carbons (Fsp3) is 0.182. The summed E-state index contributed by atoms with van der Waals surface area (Å²) in [4.78, 5) is 7.48. The smallest absolute Gasteiger partial charge is 0.406 e. The molecule has 0 amide bonds. The minimum atomic E-state index is -4.85. The molecule has 0 fully saturated rings. The van der Waals surface area contributed by atoms with Gasteiger partial charge in [-0.3, -0.25) is 9.98 Å². The molecule has 1 atom stereocenters. The van der Waals surface area contributed by atoms with E-state index < -0.39 is 53.4 Å². The third-order valence-electron chi connectivity index (χ3n) is 4.76. The zero-order valence-electron chi connectivity index (χ0n) is 17.2. The fourth-order valence-electron chi connectivity index (χ4n) is 3.19. The number of nitrogens with two attached hydrogens (primary N) is 1. The van der Waals surface area contributed by atoms with Crippen LogP contribution in [0.5, 0.6) is 5.75 Å². The molecule has 0 saturated heterocycles. The maximum atomic E-state index is 15.4. The lowest BCUT2D eigenvalue weighted by Gasteiger charge is -2.26. The van der Waals surface area contributed by atoms with Gasteiger partial charge in [0.1, 0.15) is 23.1 Å². The molecule has 0 spiro atoms. The Bertz CT molecular complexity index is 1130. The van der Waals surface area contributed by atoms with Gasteiger partial charge in [0, 0.05) is 17.8 Å². The fourth-order valence-corrected chi connectivity index (χ4v) is 3.19. The maximum Gasteiger partial charge on any atom is 0.573 e. The summed E-state index contributed by atoms with van der Waals surface area (Å²) in [5.41, 5.74) is 1.62. The first-order valence-electron chi connectivity index (χ1n) is 9.61. The highest BCUT2D eigenvalue weighted by atomic mass is 19.4. The molecule has 1 heterocycles. The lowest BCUT2D eigenvalue weighted by atomic mass is 9.89. The number of ether oxygens (including phenoxy) is 1. The van der Waals surface area contributed by atoms with Crippen LogP contribution in [0.15, 0.2) is 65.8 Å². The summed E-state index contributed by atoms with van der Waals surface area (Å²) in [5.74, 6) is -3.05. The molecule has 0 aliphatic heterocycles. The van der Waals surface area contributed by atoms with Gasteiger partial charge < -0.3 is 10.2 Å². The zero-order valence-corrected chi connectivity index (χ0v) is 17.2. The summed E-state index contributed by atoms with van der Waals surface area (Å²) in [6.45, 7) is -0.593. The van der Waals surface area contributed by atoms with E-state index in [-0.39, 0.29) is 0 Å². The van der Waals surface area contributed by atoms with Crippen molar-refractivity contribution < 1.29 is 35.5 Å². The van der Waals surface area contributed by atoms with E-state index in [2.05, 4.69) is 20.1 Å². The predicted molar refractivity (Wildman–Crippen MR) is 110 cm³/mol. The highest BCUT2D eigenvalue weighted by Crippen LogP contribution is 2.43. The number of alkyl halides is 5. The number of pyridine rings is 1. The van der Waals surface area contributed by atoms with Crippen LogP contribution in [-0.2, 0) is 5.92 Å². The van der Waals surface area contributed by atoms with E-state index in [1.165, 1.54) is 18.2 Å². The first-order valence-corrected chi connectivity index (χ1v) is 9.61. The molecule has 1 aromatic heterocycles. The summed E-state index contributed by atoms with van der Waals surface area (Å²) in [7, 11) is 0. The number of hydrogen-bond acceptors (Lipinski definition) is 4. The van der Waals surface area contributed by atoms with Crippen molar-refractivity contribution in [3.63, 3.8) is 0 Å². The van der Waals surface area contributed by atoms with Crippen LogP contribution in [0, 0.1) is 11.6 Å². The molecule has 0 unspecified atom stereocenters. The Morgan fingerprint density at radius 1 is 0.971 bits per heavy atom. The number of benzene rings is 2. The van der Waals surface area contributed by atoms with Gasteiger partial charge in [0.25, 0.3) is 5.92 Å². The molecule has 5 nitrogen and oxygen atoms in total. The van der Waals surface area contributed by atoms with Gasteiger partial charge in [0.05, 0.1) is 18.8 Å². The van der Waals surface area contributed by atoms with Crippen LogP contribution in [0.2, 0.25) is 0 Å². The summed E-state index contributed by atoms with van der Waals surface area (Å²) < 4.78 is 99.0. The van der Waals surface area contributed by atoms with E-state index in [4.69, 9.17) is 5.84 Å². The third kappa shape index (κ3) is 6.01. The van der Waals surface area contributed by atoms with Crippen LogP contribution in [-0.4, -0.2) is 24.2 Å². The molecule has 3 rings (SSSR count). The Morgan fingerprint density at radius 2 is 1.65 bits per heavy atom. The highest BCUT2D eigenvalue weighted by Gasteiger charge is 2.44. The number of halogens is 7. The Labute approximate surface area is 189 Å². The van der Waals surface area contributed by atoms with Crippen LogP contribution in [0.25, 0.3) is 11.1 Å². The maximum absolute atomic E-state index is 15.4. The van der Waals surface area contributed by atoms with Crippen LogP contribution < -0.4 is 16.0 Å². The number of hydrogen-bond donors (Lipinski definition) is 2. The standard InChI is InChI=1S/C22H17F7N4O/c23-15-4-7-17(19(24)9-15)18(11-31-12-33-30)21(25,26)20-8-3-14(10-32-20)13-1-5-16(6-2-13)34-22(27,28)29/h1-10,12,18H,11,30H2,(H,31,33)/t18-/m0/s1. The normalized spacial score (nSPS) is 13.2. The van der Waals surface area contributed by atoms with Gasteiger partial charge in [0.2, 0.25) is 0 Å². The van der Waals surface area contributed by atoms with Crippen molar-refractivity contribution in [2.75, 3.05) is 6.54 Å². The van der Waals surface area contributed by atoms with E-state index in [1.54, 1.807) is 0 Å². The number of nitrogens with one attached hydrogen (secondary N) is 1. The monoisotopic (exact) mass is 486 g/mol. The van der Waals surface area contributed by atoms with Gasteiger partial charge >= 0.3 is 6.36 Å². The second kappa shape index (κ2) is 10.1. The van der Waals surface area contributed by atoms with Crippen LogP contribution >= 0.6 is 0 Å². The SMILES string of the molecule is NNC=NC[C@@H](c1ccc(F)cc1F)C(F)(F)c1ccc(-c2ccc(OC(F)(F)F)cc2)cn1. The molecule has 12 heteroatoms. The van der Waals surface area contributed by atoms with E-state index in [0.717, 1.165) is 42.9 Å². The Kier molecular flexibility index (Phi) is 7.40. The Balaban J connectivity index is 1.89. The average molecular weight is 486 g/mol. The van der Waals surface area contributed by atoms with Crippen LogP contribution in [0.1, 0.15) is 17.2 Å². The lowest BCUT2D eigenvalue weighted by molar-refractivity contribution is -0.274. The molecule has 0 aliphatic carbocycles. The topological polar surface area (TPSA) is 72.5 Å². The number of hydrazine groups is 1. The van der Waals surface area contributed by atoms with Crippen molar-refractivity contribution >= 4 is 6.34 Å². The quantitative estimate of drug-likeness (QED) is 0.149. The van der Waals surface area contributed by atoms with Gasteiger partial charge in [-0.2, -0.15) is 8.78 Å². The van der Waals surface area contributed by atoms with Crippen molar-refractivity contribution in [2.45, 2.75) is 18.2 Å². The molecule has 34 heavy (non-hydrogen) atoms. The molecular formula is C22H17F7N4O. The molecular weight excluding hydrogens is 469 g/mol. The predicted octanol–water partition coefficient (Wildman–Crippen LogP) is 5.29. The zero-order chi connectivity index (χ0) is 24.9. The molecule has 0 saturated carbocycles. The van der Waals surface area contributed by atoms with Gasteiger partial charge in [0.15, 0.2) is 0 Å². The third-order valence-corrected chi connectivity index (χ3v) is 4.76. The lowest BCUT2D eigenvalue weighted by Crippen LogP contribution is -2.29. The Hall–Kier alpha value is -3.67. The number of aliphatic imine (C=N–C) groups is 1. The number of aromatic nitrogens is 1. The summed E-state index contributed by atoms with van der Waals surface area (Å²) in [5, 5.41) is 0. The minimum Gasteiger partial charge on any atom is -0.406 e. The second-order valence-corrected chi connectivity index (χ2v) is 7.01. The molecule has 0 aliphatic rings. The summed E-state index contributed by atoms with van der Waals surface area (Å²) in [6.07, 6.45) is -2.79. The van der Waals surface area contributed by atoms with E-state index >= 15 is 8.78 Å². The highest BCUT2D eigenvalue weighted by molar-refractivity contribution is 5.63. The van der Waals surface area contributed by atoms with Crippen molar-refractivity contribution in [2.24, 2.45) is 10.8 Å². The first-order chi connectivity index (χ1) is 16.0. The van der Waals surface area contributed by atoms with Crippen molar-refractivity contribution in [3.05, 3.63) is 83.7 Å². The van der Waals surface area contributed by atoms with Crippen molar-refractivity contribution in [1.82, 2.24) is 10.4 Å². The van der Waals surface area contributed by atoms with Crippen LogP contribution in [0.4, 0.5) is 30.7 Å². The van der Waals surface area contributed by atoms with Crippen LogP contribution in [0.3, 0.4) is 0 Å². The van der Waals surface area contributed by atoms with E-state index in [9.17, 15) is 22.0 Å². The molecule has 0 radical (unpaired) electrons. The van der Waals surface area contributed by atoms with Gasteiger partial charge in [-0.25, -0.2) is 14.6 Å². The van der Waals surface area contributed by atoms with Crippen molar-refractivity contribution in [3.8, 4) is 16.9 Å². The van der Waals surface area contributed by atoms with Crippen molar-refractivity contribution in [1.29, 1.82) is 0 Å². The molecule has 2 aromatic carbocycles. The van der Waals surface area contributed by atoms with Gasteiger partial charge in [-0.1, -0.05) is 24.3 Å². The Morgan fingerprint density at radius 3 is 2.21 bits per heavy atom. The minimum absolute atomic E-state index is 0.341. The molecule has 0 bridgehead atoms. The number of rotatable bonds is 8. The largest absolute Gasteiger partial charge is 0.573 e. The van der Waals surface area contributed by atoms with Gasteiger partial charge in [-0.05, 0) is 35.4 Å². The first kappa shape index (κ1) is 25.0. The molecule has 180 valence electrons. The summed E-state index contributed by atoms with van der Waals surface area (Å²) in [6, 6.07) is 9.31. The number of nitrogens with zero attached hydrogens (tertiary/aromatic N) is 2. The molecule has 3 aromatic rings. The second-order valence-electron chi connectivity index (χ2n) is 7.01. The van der Waals surface area contributed by atoms with Gasteiger partial charge in [-0.15, -0.1) is 13.2 Å². The molecule has 3 N–H and O–H groups in total. The average Bonchev–Trinajstić information content (AvgIpc) is 2.77. The van der Waals surface area contributed by atoms with E-state index in [1.807, 2.05) is 0 Å². The summed E-state index contributed by atoms with van der Waals surface area (Å²) >= 11 is 0.